The number of methoxy groups -OCH3 is 1. The van der Waals surface area contributed by atoms with E-state index in [4.69, 9.17) is 4.74 Å². The molecule has 0 aliphatic carbocycles. The van der Waals surface area contributed by atoms with Crippen LogP contribution in [0.4, 0.5) is 0 Å². The van der Waals surface area contributed by atoms with Crippen LogP contribution in [0.3, 0.4) is 0 Å². The number of unbranched alkanes of at least 4 members (excludes halogenated alkanes) is 1. The summed E-state index contributed by atoms with van der Waals surface area (Å²) in [6, 6.07) is 7.19. The maximum Gasteiger partial charge on any atom is 0.242 e. The second kappa shape index (κ2) is 11.5. The fourth-order valence-electron chi connectivity index (χ4n) is 2.71. The summed E-state index contributed by atoms with van der Waals surface area (Å²) >= 11 is 0. The number of carbonyl (C=O) groups is 2. The Hall–Kier alpha value is -2.04. The van der Waals surface area contributed by atoms with Gasteiger partial charge in [0.05, 0.1) is 7.11 Å². The highest BCUT2D eigenvalue weighted by Gasteiger charge is 2.27. The van der Waals surface area contributed by atoms with Gasteiger partial charge >= 0.3 is 0 Å². The first-order chi connectivity index (χ1) is 12.1. The summed E-state index contributed by atoms with van der Waals surface area (Å²) in [6.45, 7) is 7.10. The number of ether oxygens (including phenoxy) is 1. The van der Waals surface area contributed by atoms with E-state index in [9.17, 15) is 9.59 Å². The Morgan fingerprint density at radius 3 is 2.32 bits per heavy atom. The number of nitrogens with one attached hydrogen (secondary N) is 1. The van der Waals surface area contributed by atoms with Gasteiger partial charge in [-0.05, 0) is 37.0 Å². The van der Waals surface area contributed by atoms with Crippen LogP contribution in [0.15, 0.2) is 24.3 Å². The SMILES string of the molecule is CCCCNC(=O)[C@@H](CC)N(Cc1ccc(OC)cc1)C(=O)CCC. The van der Waals surface area contributed by atoms with Crippen molar-refractivity contribution in [1.82, 2.24) is 10.2 Å². The van der Waals surface area contributed by atoms with Gasteiger partial charge in [0.1, 0.15) is 11.8 Å². The predicted octanol–water partition coefficient (Wildman–Crippen LogP) is 3.52. The van der Waals surface area contributed by atoms with Gasteiger partial charge in [0.15, 0.2) is 0 Å². The molecule has 1 atom stereocenters. The first-order valence-electron chi connectivity index (χ1n) is 9.27. The van der Waals surface area contributed by atoms with Crippen LogP contribution < -0.4 is 10.1 Å². The first-order valence-corrected chi connectivity index (χ1v) is 9.27. The van der Waals surface area contributed by atoms with E-state index >= 15 is 0 Å². The second-order valence-corrected chi connectivity index (χ2v) is 6.19. The van der Waals surface area contributed by atoms with Gasteiger partial charge in [-0.3, -0.25) is 9.59 Å². The van der Waals surface area contributed by atoms with Crippen molar-refractivity contribution in [3.8, 4) is 5.75 Å². The van der Waals surface area contributed by atoms with E-state index in [1.165, 1.54) is 0 Å². The van der Waals surface area contributed by atoms with Gasteiger partial charge in [-0.1, -0.05) is 39.3 Å². The minimum absolute atomic E-state index is 0.0239. The Kier molecular flexibility index (Phi) is 9.66. The molecule has 5 heteroatoms. The molecule has 0 spiro atoms. The number of hydrogen-bond acceptors (Lipinski definition) is 3. The molecule has 5 nitrogen and oxygen atoms in total. The minimum atomic E-state index is -0.432. The molecule has 2 amide bonds. The van der Waals surface area contributed by atoms with Gasteiger partial charge < -0.3 is 15.0 Å². The Bertz CT molecular complexity index is 528. The van der Waals surface area contributed by atoms with Crippen molar-refractivity contribution in [2.24, 2.45) is 0 Å². The van der Waals surface area contributed by atoms with Crippen molar-refractivity contribution in [2.75, 3.05) is 13.7 Å². The number of benzene rings is 1. The van der Waals surface area contributed by atoms with Crippen LogP contribution in [-0.2, 0) is 16.1 Å². The van der Waals surface area contributed by atoms with Gasteiger partial charge in [0, 0.05) is 19.5 Å². The molecule has 0 aromatic heterocycles. The van der Waals surface area contributed by atoms with Crippen LogP contribution in [-0.4, -0.2) is 36.4 Å². The molecule has 0 radical (unpaired) electrons. The quantitative estimate of drug-likeness (QED) is 0.623. The monoisotopic (exact) mass is 348 g/mol. The van der Waals surface area contributed by atoms with E-state index in [2.05, 4.69) is 12.2 Å². The van der Waals surface area contributed by atoms with Crippen LogP contribution in [0, 0.1) is 0 Å². The van der Waals surface area contributed by atoms with Crippen LogP contribution in [0.5, 0.6) is 5.75 Å². The topological polar surface area (TPSA) is 58.6 Å². The zero-order chi connectivity index (χ0) is 18.7. The molecule has 1 N–H and O–H groups in total. The number of amides is 2. The van der Waals surface area contributed by atoms with E-state index in [0.29, 0.717) is 25.9 Å². The summed E-state index contributed by atoms with van der Waals surface area (Å²) in [6.07, 6.45) is 3.80. The zero-order valence-electron chi connectivity index (χ0n) is 16.0. The second-order valence-electron chi connectivity index (χ2n) is 6.19. The molecule has 0 aliphatic heterocycles. The van der Waals surface area contributed by atoms with Crippen LogP contribution in [0.1, 0.15) is 58.4 Å². The fraction of sp³-hybridized carbons (Fsp3) is 0.600. The Balaban J connectivity index is 2.91. The Labute approximate surface area is 151 Å². The van der Waals surface area contributed by atoms with Crippen molar-refractivity contribution < 1.29 is 14.3 Å². The van der Waals surface area contributed by atoms with Crippen molar-refractivity contribution >= 4 is 11.8 Å². The molecule has 0 saturated carbocycles. The number of carbonyl (C=O) groups excluding carboxylic acids is 2. The normalized spacial score (nSPS) is 11.7. The molecule has 0 aliphatic rings. The first kappa shape index (κ1) is 21.0. The summed E-state index contributed by atoms with van der Waals surface area (Å²) in [5, 5.41) is 2.96. The van der Waals surface area contributed by atoms with Crippen LogP contribution in [0.2, 0.25) is 0 Å². The van der Waals surface area contributed by atoms with Crippen LogP contribution in [0.25, 0.3) is 0 Å². The van der Waals surface area contributed by atoms with Crippen molar-refractivity contribution in [3.05, 3.63) is 29.8 Å². The van der Waals surface area contributed by atoms with Gasteiger partial charge in [-0.15, -0.1) is 0 Å². The molecule has 140 valence electrons. The summed E-state index contributed by atoms with van der Waals surface area (Å²) in [7, 11) is 1.62. The predicted molar refractivity (Wildman–Crippen MR) is 100 cm³/mol. The molecule has 0 saturated heterocycles. The smallest absolute Gasteiger partial charge is 0.242 e. The van der Waals surface area contributed by atoms with Crippen molar-refractivity contribution in [2.45, 2.75) is 65.5 Å². The zero-order valence-corrected chi connectivity index (χ0v) is 16.0. The highest BCUT2D eigenvalue weighted by atomic mass is 16.5. The van der Waals surface area contributed by atoms with Gasteiger partial charge in [0.25, 0.3) is 0 Å². The maximum absolute atomic E-state index is 12.6. The van der Waals surface area contributed by atoms with Gasteiger partial charge in [-0.2, -0.15) is 0 Å². The standard InChI is InChI=1S/C20H32N2O3/c1-5-8-14-21-20(24)18(7-3)22(19(23)9-6-2)15-16-10-12-17(25-4)13-11-16/h10-13,18H,5-9,14-15H2,1-4H3,(H,21,24)/t18-/m1/s1. The number of nitrogens with zero attached hydrogens (tertiary/aromatic N) is 1. The average molecular weight is 348 g/mol. The molecular formula is C20H32N2O3. The van der Waals surface area contributed by atoms with E-state index in [0.717, 1.165) is 30.6 Å². The van der Waals surface area contributed by atoms with E-state index in [1.54, 1.807) is 12.0 Å². The Morgan fingerprint density at radius 2 is 1.80 bits per heavy atom. The molecule has 0 fully saturated rings. The Morgan fingerprint density at radius 1 is 1.12 bits per heavy atom. The maximum atomic E-state index is 12.6. The molecular weight excluding hydrogens is 316 g/mol. The van der Waals surface area contributed by atoms with E-state index in [-0.39, 0.29) is 11.8 Å². The highest BCUT2D eigenvalue weighted by Crippen LogP contribution is 2.17. The third kappa shape index (κ3) is 6.77. The van der Waals surface area contributed by atoms with E-state index in [1.807, 2.05) is 38.1 Å². The molecule has 0 bridgehead atoms. The highest BCUT2D eigenvalue weighted by molar-refractivity contribution is 5.87. The van der Waals surface area contributed by atoms with Crippen molar-refractivity contribution in [1.29, 1.82) is 0 Å². The summed E-state index contributed by atoms with van der Waals surface area (Å²) < 4.78 is 5.18. The number of rotatable bonds is 11. The molecule has 0 unspecified atom stereocenters. The molecule has 25 heavy (non-hydrogen) atoms. The summed E-state index contributed by atoms with van der Waals surface area (Å²) in [5.41, 5.74) is 0.991. The molecule has 1 aromatic carbocycles. The van der Waals surface area contributed by atoms with Crippen molar-refractivity contribution in [3.63, 3.8) is 0 Å². The molecule has 1 aromatic rings. The average Bonchev–Trinajstić information content (AvgIpc) is 2.62. The minimum Gasteiger partial charge on any atom is -0.497 e. The van der Waals surface area contributed by atoms with E-state index < -0.39 is 6.04 Å². The third-order valence-corrected chi connectivity index (χ3v) is 4.19. The lowest BCUT2D eigenvalue weighted by atomic mass is 10.1. The summed E-state index contributed by atoms with van der Waals surface area (Å²) in [5.74, 6) is 0.740. The third-order valence-electron chi connectivity index (χ3n) is 4.19. The van der Waals surface area contributed by atoms with Gasteiger partial charge in [0.2, 0.25) is 11.8 Å². The van der Waals surface area contributed by atoms with Crippen LogP contribution >= 0.6 is 0 Å². The lowest BCUT2D eigenvalue weighted by molar-refractivity contribution is -0.141. The van der Waals surface area contributed by atoms with Gasteiger partial charge in [-0.25, -0.2) is 0 Å². The molecule has 0 heterocycles. The lowest BCUT2D eigenvalue weighted by Crippen LogP contribution is -2.49. The number of hydrogen-bond donors (Lipinski definition) is 1. The largest absolute Gasteiger partial charge is 0.497 e. The fourth-order valence-corrected chi connectivity index (χ4v) is 2.71. The summed E-state index contributed by atoms with van der Waals surface area (Å²) in [4.78, 5) is 26.9. The molecule has 1 rings (SSSR count). The lowest BCUT2D eigenvalue weighted by Gasteiger charge is -2.30.